The lowest BCUT2D eigenvalue weighted by atomic mass is 9.90. The first-order valence-electron chi connectivity index (χ1n) is 14.1. The molecule has 1 saturated heterocycles. The number of nitrogens with one attached hydrogen (secondary N) is 1. The van der Waals surface area contributed by atoms with E-state index in [0.717, 1.165) is 33.9 Å². The van der Waals surface area contributed by atoms with Crippen LogP contribution in [0.15, 0.2) is 70.7 Å². The number of rotatable bonds is 10. The van der Waals surface area contributed by atoms with Gasteiger partial charge in [-0.1, -0.05) is 77.0 Å². The molecule has 0 radical (unpaired) electrons. The molecular formula is C32H40BrN5O2. The molecule has 0 bridgehead atoms. The lowest BCUT2D eigenvalue weighted by Gasteiger charge is -2.28. The number of carbonyl (C=O) groups is 2. The summed E-state index contributed by atoms with van der Waals surface area (Å²) in [6.07, 6.45) is 8.38. The van der Waals surface area contributed by atoms with E-state index >= 15 is 0 Å². The van der Waals surface area contributed by atoms with E-state index in [4.69, 9.17) is 0 Å². The molecule has 0 saturated carbocycles. The molecular weight excluding hydrogens is 566 g/mol. The number of carbonyl (C=O) groups excluding carboxylic acids is 2. The summed E-state index contributed by atoms with van der Waals surface area (Å²) in [6.45, 7) is 9.23. The van der Waals surface area contributed by atoms with Gasteiger partial charge >= 0.3 is 0 Å². The summed E-state index contributed by atoms with van der Waals surface area (Å²) in [5.41, 5.74) is 5.14. The highest BCUT2D eigenvalue weighted by Gasteiger charge is 2.40. The lowest BCUT2D eigenvalue weighted by molar-refractivity contribution is -0.141. The minimum atomic E-state index is -0.484. The average molecular weight is 607 g/mol. The standard InChI is InChI=1S/C32H40BrN5O2/c1-6-7-9-21(2)22(3)14-23(4)32(40)38-20-26(15-24-10-8-11-27(33)16-24)18-30(38)31(39)34-19-25-12-13-29-28(17-25)35-36-37(29)5/h6-13,16-17,22-23,26,30H,14-15,18-20H2,1-5H3,(H,34,39)/b7-6-,21-9+/t22-,23+,26+,30-/m0/s1. The summed E-state index contributed by atoms with van der Waals surface area (Å²) >= 11 is 3.56. The number of likely N-dealkylation sites (tertiary alicyclic amines) is 1. The maximum absolute atomic E-state index is 13.8. The number of amides is 2. The topological polar surface area (TPSA) is 80.1 Å². The zero-order valence-corrected chi connectivity index (χ0v) is 25.7. The third-order valence-corrected chi connectivity index (χ3v) is 8.48. The highest BCUT2D eigenvalue weighted by Crippen LogP contribution is 2.31. The van der Waals surface area contributed by atoms with Crippen LogP contribution in [0.1, 0.15) is 51.7 Å². The van der Waals surface area contributed by atoms with Crippen LogP contribution in [0.25, 0.3) is 11.0 Å². The molecule has 2 aromatic carbocycles. The minimum absolute atomic E-state index is 0.0588. The molecule has 8 heteroatoms. The van der Waals surface area contributed by atoms with Gasteiger partial charge in [-0.25, -0.2) is 4.68 Å². The number of nitrogens with zero attached hydrogens (tertiary/aromatic N) is 4. The fraction of sp³-hybridized carbons (Fsp3) is 0.438. The second kappa shape index (κ2) is 13.4. The van der Waals surface area contributed by atoms with Crippen LogP contribution >= 0.6 is 15.9 Å². The van der Waals surface area contributed by atoms with Crippen LogP contribution in [0.4, 0.5) is 0 Å². The summed E-state index contributed by atoms with van der Waals surface area (Å²) in [5, 5.41) is 11.3. The Morgan fingerprint density at radius 3 is 2.70 bits per heavy atom. The van der Waals surface area contributed by atoms with Crippen LogP contribution in [0.5, 0.6) is 0 Å². The first-order valence-corrected chi connectivity index (χ1v) is 14.9. The fourth-order valence-corrected chi connectivity index (χ4v) is 6.02. The van der Waals surface area contributed by atoms with Crippen LogP contribution in [0, 0.1) is 17.8 Å². The third kappa shape index (κ3) is 7.27. The first kappa shape index (κ1) is 29.7. The minimum Gasteiger partial charge on any atom is -0.350 e. The molecule has 1 N–H and O–H groups in total. The van der Waals surface area contributed by atoms with Gasteiger partial charge in [0.25, 0.3) is 0 Å². The quantitative estimate of drug-likeness (QED) is 0.288. The molecule has 40 heavy (non-hydrogen) atoms. The van der Waals surface area contributed by atoms with E-state index in [1.807, 2.05) is 68.3 Å². The predicted molar refractivity (Wildman–Crippen MR) is 163 cm³/mol. The lowest BCUT2D eigenvalue weighted by Crippen LogP contribution is -2.47. The first-order chi connectivity index (χ1) is 19.2. The Hall–Kier alpha value is -3.26. The second-order valence-electron chi connectivity index (χ2n) is 11.2. The molecule has 4 atom stereocenters. The average Bonchev–Trinajstić information content (AvgIpc) is 3.53. The molecule has 212 valence electrons. The van der Waals surface area contributed by atoms with Crippen molar-refractivity contribution in [1.29, 1.82) is 0 Å². The highest BCUT2D eigenvalue weighted by atomic mass is 79.9. The normalized spacial score (nSPS) is 19.4. The van der Waals surface area contributed by atoms with E-state index in [-0.39, 0.29) is 29.6 Å². The van der Waals surface area contributed by atoms with E-state index in [0.29, 0.717) is 19.5 Å². The van der Waals surface area contributed by atoms with E-state index in [1.165, 1.54) is 11.1 Å². The molecule has 1 fully saturated rings. The molecule has 0 unspecified atom stereocenters. The summed E-state index contributed by atoms with van der Waals surface area (Å²) in [4.78, 5) is 29.2. The monoisotopic (exact) mass is 605 g/mol. The van der Waals surface area contributed by atoms with E-state index < -0.39 is 6.04 Å². The van der Waals surface area contributed by atoms with Crippen molar-refractivity contribution in [2.75, 3.05) is 6.54 Å². The van der Waals surface area contributed by atoms with Crippen molar-refractivity contribution in [3.8, 4) is 0 Å². The summed E-state index contributed by atoms with van der Waals surface area (Å²) in [6, 6.07) is 13.7. The van der Waals surface area contributed by atoms with Crippen molar-refractivity contribution in [2.24, 2.45) is 24.8 Å². The zero-order chi connectivity index (χ0) is 28.8. The second-order valence-corrected chi connectivity index (χ2v) is 12.1. The highest BCUT2D eigenvalue weighted by molar-refractivity contribution is 9.10. The SMILES string of the molecule is C/C=C\C=C(/C)[C@@H](C)C[C@@H](C)C(=O)N1C[C@H](Cc2cccc(Br)c2)C[C@H]1C(=O)NCc1ccc2c(c1)nnn2C. The molecule has 7 nitrogen and oxygen atoms in total. The fourth-order valence-electron chi connectivity index (χ4n) is 5.58. The van der Waals surface area contributed by atoms with Crippen molar-refractivity contribution in [2.45, 2.75) is 59.5 Å². The van der Waals surface area contributed by atoms with Gasteiger partial charge in [-0.15, -0.1) is 5.10 Å². The Labute approximate surface area is 245 Å². The van der Waals surface area contributed by atoms with Crippen molar-refractivity contribution in [3.63, 3.8) is 0 Å². The van der Waals surface area contributed by atoms with Crippen molar-refractivity contribution < 1.29 is 9.59 Å². The number of benzene rings is 2. The summed E-state index contributed by atoms with van der Waals surface area (Å²) in [5.74, 6) is 0.268. The van der Waals surface area contributed by atoms with Crippen molar-refractivity contribution in [1.82, 2.24) is 25.2 Å². The Morgan fingerprint density at radius 2 is 1.95 bits per heavy atom. The van der Waals surface area contributed by atoms with Crippen molar-refractivity contribution >= 4 is 38.8 Å². The van der Waals surface area contributed by atoms with Gasteiger partial charge in [-0.05, 0) is 80.3 Å². The van der Waals surface area contributed by atoms with E-state index in [2.05, 4.69) is 63.6 Å². The van der Waals surface area contributed by atoms with Gasteiger partial charge in [-0.2, -0.15) is 0 Å². The Bertz CT molecular complexity index is 1410. The largest absolute Gasteiger partial charge is 0.350 e. The molecule has 4 rings (SSSR count). The molecule has 0 spiro atoms. The van der Waals surface area contributed by atoms with Gasteiger partial charge in [0.15, 0.2) is 0 Å². The number of fused-ring (bicyclic) bond motifs is 1. The molecule has 3 aromatic rings. The number of allylic oxidation sites excluding steroid dienone is 4. The van der Waals surface area contributed by atoms with Crippen LogP contribution in [0.3, 0.4) is 0 Å². The third-order valence-electron chi connectivity index (χ3n) is 7.99. The summed E-state index contributed by atoms with van der Waals surface area (Å²) in [7, 11) is 1.86. The zero-order valence-electron chi connectivity index (χ0n) is 24.1. The van der Waals surface area contributed by atoms with Gasteiger partial charge < -0.3 is 10.2 Å². The van der Waals surface area contributed by atoms with Gasteiger partial charge in [0, 0.05) is 30.5 Å². The van der Waals surface area contributed by atoms with Crippen LogP contribution in [-0.4, -0.2) is 44.3 Å². The molecule has 2 heterocycles. The maximum Gasteiger partial charge on any atom is 0.243 e. The number of aromatic nitrogens is 3. The number of hydrogen-bond acceptors (Lipinski definition) is 4. The van der Waals surface area contributed by atoms with Gasteiger partial charge in [0.1, 0.15) is 11.6 Å². The number of aryl methyl sites for hydroxylation is 1. The maximum atomic E-state index is 13.8. The van der Waals surface area contributed by atoms with Gasteiger partial charge in [-0.3, -0.25) is 9.59 Å². The van der Waals surface area contributed by atoms with Crippen molar-refractivity contribution in [3.05, 3.63) is 81.9 Å². The predicted octanol–water partition coefficient (Wildman–Crippen LogP) is 5.99. The summed E-state index contributed by atoms with van der Waals surface area (Å²) < 4.78 is 2.76. The molecule has 2 amide bonds. The molecule has 0 aliphatic carbocycles. The van der Waals surface area contributed by atoms with E-state index in [9.17, 15) is 9.59 Å². The van der Waals surface area contributed by atoms with Gasteiger partial charge in [0.2, 0.25) is 11.8 Å². The molecule has 1 aliphatic rings. The van der Waals surface area contributed by atoms with Crippen LogP contribution in [-0.2, 0) is 29.6 Å². The Kier molecular flexibility index (Phi) is 9.95. The van der Waals surface area contributed by atoms with E-state index in [1.54, 1.807) is 4.68 Å². The molecule has 1 aliphatic heterocycles. The van der Waals surface area contributed by atoms with Crippen LogP contribution in [0.2, 0.25) is 0 Å². The number of halogens is 1. The molecule has 1 aromatic heterocycles. The van der Waals surface area contributed by atoms with Crippen LogP contribution < -0.4 is 5.32 Å². The number of hydrogen-bond donors (Lipinski definition) is 1. The Morgan fingerprint density at radius 1 is 1.15 bits per heavy atom. The Balaban J connectivity index is 1.47. The smallest absolute Gasteiger partial charge is 0.243 e. The van der Waals surface area contributed by atoms with Gasteiger partial charge in [0.05, 0.1) is 5.52 Å².